The van der Waals surface area contributed by atoms with Gasteiger partial charge in [0.25, 0.3) is 0 Å². The fourth-order valence-electron chi connectivity index (χ4n) is 8.44. The number of hydrogen-bond acceptors (Lipinski definition) is 6. The molecule has 0 radical (unpaired) electrons. The lowest BCUT2D eigenvalue weighted by molar-refractivity contribution is 0.0686. The van der Waals surface area contributed by atoms with E-state index in [0.717, 1.165) is 110 Å². The van der Waals surface area contributed by atoms with Gasteiger partial charge in [0.15, 0.2) is 0 Å². The third-order valence-corrected chi connectivity index (χ3v) is 13.3. The van der Waals surface area contributed by atoms with Crippen molar-refractivity contribution in [2.24, 2.45) is 0 Å². The third kappa shape index (κ3) is 7.06. The highest BCUT2D eigenvalue weighted by Gasteiger charge is 2.20. The monoisotopic (exact) mass is 866 g/mol. The molecule has 5 aromatic heterocycles. The number of fused-ring (bicyclic) bond motifs is 8. The van der Waals surface area contributed by atoms with Crippen molar-refractivity contribution in [2.45, 2.75) is 0 Å². The lowest BCUT2D eigenvalue weighted by Crippen LogP contribution is -1.94. The molecule has 4 aromatic carbocycles. The molecule has 2 aliphatic rings. The predicted molar refractivity (Wildman–Crippen MR) is 261 cm³/mol. The SMILES string of the molecule is O=C(O)c1ccc(-c2ccc(-c3c4nc(c(-c5cccs5)c5ccc([nH]5)c(-c5ccc(-c6ccc(C(=O)O)cc6)cc5)c5nc(c(-c6cccs6)c6ccc3[nH]6)C=C5)C=C4)cc2)cc1. The maximum atomic E-state index is 11.5. The zero-order valence-electron chi connectivity index (χ0n) is 33.7. The summed E-state index contributed by atoms with van der Waals surface area (Å²) in [6.45, 7) is 0. The molecule has 0 fully saturated rings. The summed E-state index contributed by atoms with van der Waals surface area (Å²) in [6, 6.07) is 47.3. The molecule has 4 N–H and O–H groups in total. The number of carboxylic acid groups (broad SMARTS) is 2. The molecule has 0 unspecified atom stereocenters. The lowest BCUT2D eigenvalue weighted by atomic mass is 9.98. The average molecular weight is 867 g/mol. The molecule has 11 rings (SSSR count). The number of hydrogen-bond donors (Lipinski definition) is 4. The van der Waals surface area contributed by atoms with E-state index in [2.05, 4.69) is 142 Å². The number of aromatic nitrogens is 4. The molecule has 0 atom stereocenters. The van der Waals surface area contributed by atoms with Gasteiger partial charge in [0, 0.05) is 54.1 Å². The summed E-state index contributed by atoms with van der Waals surface area (Å²) in [5.41, 5.74) is 17.0. The highest BCUT2D eigenvalue weighted by Crippen LogP contribution is 2.40. The van der Waals surface area contributed by atoms with Crippen molar-refractivity contribution in [1.82, 2.24) is 19.9 Å². The fraction of sp³-hybridized carbons (Fsp3) is 0. The van der Waals surface area contributed by atoms with Crippen LogP contribution in [0, 0.1) is 0 Å². The molecule has 8 bridgehead atoms. The number of nitrogens with zero attached hydrogens (tertiary/aromatic N) is 2. The zero-order valence-corrected chi connectivity index (χ0v) is 35.4. The molecule has 2 aliphatic heterocycles. The Bertz CT molecular complexity index is 3270. The number of thiophene rings is 2. The second-order valence-corrected chi connectivity index (χ2v) is 17.3. The van der Waals surface area contributed by atoms with E-state index in [1.165, 1.54) is 0 Å². The predicted octanol–water partition coefficient (Wildman–Crippen LogP) is 14.2. The molecule has 64 heavy (non-hydrogen) atoms. The normalized spacial score (nSPS) is 11.9. The Balaban J connectivity index is 1.15. The van der Waals surface area contributed by atoms with Gasteiger partial charge in [0.2, 0.25) is 0 Å². The number of aromatic carboxylic acids is 2. The smallest absolute Gasteiger partial charge is 0.335 e. The Kier molecular flexibility index (Phi) is 9.64. The summed E-state index contributed by atoms with van der Waals surface area (Å²) in [5.74, 6) is -1.91. The van der Waals surface area contributed by atoms with E-state index in [1.54, 1.807) is 46.9 Å². The van der Waals surface area contributed by atoms with Crippen LogP contribution in [0.3, 0.4) is 0 Å². The summed E-state index contributed by atoms with van der Waals surface area (Å²) in [4.78, 5) is 43.6. The molecular weight excluding hydrogens is 833 g/mol. The number of carbonyl (C=O) groups is 2. The van der Waals surface area contributed by atoms with E-state index in [9.17, 15) is 19.8 Å². The molecule has 0 spiro atoms. The van der Waals surface area contributed by atoms with E-state index in [4.69, 9.17) is 9.97 Å². The van der Waals surface area contributed by atoms with E-state index < -0.39 is 11.9 Å². The zero-order chi connectivity index (χ0) is 43.3. The standard InChI is InChI=1S/C54H34N4O4S2/c59-53(60)37-17-9-33(10-18-37)31-5-13-35(14-6-31)49-39-21-25-43(55-39)51(47-3-1-29-63-47)44-26-22-40(56-44)50(36-15-7-32(8-16-36)34-11-19-38(20-12-34)54(61)62)42-24-28-46(58-42)52(48-4-2-30-64-48)45-27-23-41(49)57-45/h1-30,55,58H,(H,59,60)(H,61,62). The number of nitrogens with one attached hydrogen (secondary N) is 2. The quantitative estimate of drug-likeness (QED) is 0.120. The minimum absolute atomic E-state index is 0.248. The third-order valence-electron chi connectivity index (χ3n) is 11.6. The Morgan fingerprint density at radius 2 is 0.672 bits per heavy atom. The van der Waals surface area contributed by atoms with Crippen LogP contribution in [0.4, 0.5) is 0 Å². The van der Waals surface area contributed by atoms with E-state index >= 15 is 0 Å². The van der Waals surface area contributed by atoms with Crippen molar-refractivity contribution in [2.75, 3.05) is 0 Å². The number of rotatable bonds is 8. The second-order valence-electron chi connectivity index (χ2n) is 15.4. The number of carboxylic acids is 2. The van der Waals surface area contributed by atoms with Crippen LogP contribution in [0.2, 0.25) is 0 Å². The molecule has 7 heterocycles. The van der Waals surface area contributed by atoms with Crippen LogP contribution in [-0.2, 0) is 0 Å². The summed E-state index contributed by atoms with van der Waals surface area (Å²) >= 11 is 3.32. The van der Waals surface area contributed by atoms with Gasteiger partial charge in [-0.05, 0) is 129 Å². The van der Waals surface area contributed by atoms with Gasteiger partial charge < -0.3 is 20.2 Å². The van der Waals surface area contributed by atoms with Crippen LogP contribution in [0.25, 0.3) is 112 Å². The van der Waals surface area contributed by atoms with Gasteiger partial charge in [0.1, 0.15) is 0 Å². The largest absolute Gasteiger partial charge is 0.478 e. The van der Waals surface area contributed by atoms with Crippen LogP contribution in [0.1, 0.15) is 43.5 Å². The van der Waals surface area contributed by atoms with Gasteiger partial charge in [-0.3, -0.25) is 0 Å². The summed E-state index contributed by atoms with van der Waals surface area (Å²) < 4.78 is 0. The van der Waals surface area contributed by atoms with E-state index in [0.29, 0.717) is 0 Å². The Hall–Kier alpha value is -8.18. The first kappa shape index (κ1) is 38.7. The molecule has 0 saturated heterocycles. The van der Waals surface area contributed by atoms with E-state index in [-0.39, 0.29) is 11.1 Å². The number of aromatic amines is 2. The first-order valence-electron chi connectivity index (χ1n) is 20.5. The summed E-state index contributed by atoms with van der Waals surface area (Å²) in [7, 11) is 0. The minimum Gasteiger partial charge on any atom is -0.478 e. The van der Waals surface area contributed by atoms with Crippen molar-refractivity contribution in [3.63, 3.8) is 0 Å². The van der Waals surface area contributed by atoms with Gasteiger partial charge in [-0.2, -0.15) is 0 Å². The first-order chi connectivity index (χ1) is 31.3. The number of benzene rings is 4. The fourth-order valence-corrected chi connectivity index (χ4v) is 10.0. The second kappa shape index (κ2) is 15.9. The first-order valence-corrected chi connectivity index (χ1v) is 22.2. The molecule has 0 aliphatic carbocycles. The highest BCUT2D eigenvalue weighted by molar-refractivity contribution is 7.14. The van der Waals surface area contributed by atoms with Crippen molar-refractivity contribution >= 4 is 81.0 Å². The van der Waals surface area contributed by atoms with Gasteiger partial charge in [0.05, 0.1) is 33.9 Å². The molecule has 0 amide bonds. The molecule has 8 nitrogen and oxygen atoms in total. The molecule has 0 saturated carbocycles. The Morgan fingerprint density at radius 3 is 0.984 bits per heavy atom. The van der Waals surface area contributed by atoms with Gasteiger partial charge in [-0.25, -0.2) is 19.6 Å². The van der Waals surface area contributed by atoms with Crippen molar-refractivity contribution < 1.29 is 19.8 Å². The van der Waals surface area contributed by atoms with Crippen LogP contribution in [0.5, 0.6) is 0 Å². The van der Waals surface area contributed by atoms with Crippen LogP contribution in [-0.4, -0.2) is 42.1 Å². The van der Waals surface area contributed by atoms with Crippen molar-refractivity contribution in [3.8, 4) is 65.4 Å². The van der Waals surface area contributed by atoms with Gasteiger partial charge in [-0.1, -0.05) is 84.9 Å². The highest BCUT2D eigenvalue weighted by atomic mass is 32.1. The number of H-pyrrole nitrogens is 2. The maximum Gasteiger partial charge on any atom is 0.335 e. The maximum absolute atomic E-state index is 11.5. The van der Waals surface area contributed by atoms with Crippen LogP contribution >= 0.6 is 22.7 Å². The van der Waals surface area contributed by atoms with Crippen molar-refractivity contribution in [1.29, 1.82) is 0 Å². The lowest BCUT2D eigenvalue weighted by Gasteiger charge is -2.08. The topological polar surface area (TPSA) is 132 Å². The molecule has 306 valence electrons. The van der Waals surface area contributed by atoms with Crippen molar-refractivity contribution in [3.05, 3.63) is 190 Å². The molecule has 9 aromatic rings. The Morgan fingerprint density at radius 1 is 0.375 bits per heavy atom. The average Bonchev–Trinajstić information content (AvgIpc) is 4.18. The van der Waals surface area contributed by atoms with Gasteiger partial charge in [-0.15, -0.1) is 22.7 Å². The van der Waals surface area contributed by atoms with Gasteiger partial charge >= 0.3 is 11.9 Å². The summed E-state index contributed by atoms with van der Waals surface area (Å²) in [6.07, 6.45) is 8.35. The minimum atomic E-state index is -0.953. The molecular formula is C54H34N4O4S2. The molecule has 10 heteroatoms. The van der Waals surface area contributed by atoms with Crippen LogP contribution < -0.4 is 0 Å². The summed E-state index contributed by atoms with van der Waals surface area (Å²) in [5, 5.41) is 23.0. The van der Waals surface area contributed by atoms with E-state index in [1.807, 2.05) is 24.3 Å². The van der Waals surface area contributed by atoms with Crippen LogP contribution in [0.15, 0.2) is 156 Å². The Labute approximate surface area is 374 Å².